The minimum atomic E-state index is -0.204. The molecule has 2 fully saturated rings. The van der Waals surface area contributed by atoms with E-state index in [1.165, 1.54) is 7.11 Å². The van der Waals surface area contributed by atoms with Crippen LogP contribution in [0.1, 0.15) is 32.1 Å². The van der Waals surface area contributed by atoms with Gasteiger partial charge in [0, 0.05) is 19.7 Å². The van der Waals surface area contributed by atoms with Gasteiger partial charge in [0.1, 0.15) is 0 Å². The van der Waals surface area contributed by atoms with Gasteiger partial charge in [-0.15, -0.1) is 0 Å². The van der Waals surface area contributed by atoms with E-state index >= 15 is 0 Å². The predicted molar refractivity (Wildman–Crippen MR) is 64.9 cm³/mol. The molecule has 18 heavy (non-hydrogen) atoms. The zero-order chi connectivity index (χ0) is 13.0. The van der Waals surface area contributed by atoms with Crippen LogP contribution in [0.4, 0.5) is 0 Å². The third kappa shape index (κ3) is 3.22. The van der Waals surface area contributed by atoms with Crippen molar-refractivity contribution in [2.45, 2.75) is 38.2 Å². The Hall–Kier alpha value is -1.10. The van der Waals surface area contributed by atoms with Crippen LogP contribution in [-0.4, -0.2) is 49.7 Å². The molecule has 0 aromatic heterocycles. The highest BCUT2D eigenvalue weighted by molar-refractivity contribution is 5.78. The molecule has 2 atom stereocenters. The molecule has 0 N–H and O–H groups in total. The Morgan fingerprint density at radius 2 is 2.17 bits per heavy atom. The van der Waals surface area contributed by atoms with E-state index in [1.54, 1.807) is 4.90 Å². The van der Waals surface area contributed by atoms with E-state index in [-0.39, 0.29) is 23.9 Å². The summed E-state index contributed by atoms with van der Waals surface area (Å²) in [5, 5.41) is 0. The fourth-order valence-electron chi connectivity index (χ4n) is 2.69. The first-order chi connectivity index (χ1) is 8.70. The molecular weight excluding hydrogens is 234 g/mol. The molecule has 0 aromatic carbocycles. The van der Waals surface area contributed by atoms with Crippen molar-refractivity contribution in [3.8, 4) is 0 Å². The van der Waals surface area contributed by atoms with Crippen LogP contribution >= 0.6 is 0 Å². The van der Waals surface area contributed by atoms with Gasteiger partial charge in [-0.1, -0.05) is 0 Å². The van der Waals surface area contributed by atoms with Crippen LogP contribution < -0.4 is 0 Å². The number of carbonyl (C=O) groups excluding carboxylic acids is 2. The summed E-state index contributed by atoms with van der Waals surface area (Å²) >= 11 is 0. The normalized spacial score (nSPS) is 28.2. The quantitative estimate of drug-likeness (QED) is 0.705. The fraction of sp³-hybridized carbons (Fsp3) is 0.846. The second-order valence-electron chi connectivity index (χ2n) is 5.04. The van der Waals surface area contributed by atoms with Crippen molar-refractivity contribution in [2.75, 3.05) is 26.8 Å². The summed E-state index contributed by atoms with van der Waals surface area (Å²) < 4.78 is 10.2. The van der Waals surface area contributed by atoms with Crippen LogP contribution in [0.25, 0.3) is 0 Å². The van der Waals surface area contributed by atoms with E-state index in [1.807, 2.05) is 0 Å². The second-order valence-corrected chi connectivity index (χ2v) is 5.04. The monoisotopic (exact) mass is 255 g/mol. The van der Waals surface area contributed by atoms with Gasteiger partial charge in [0.2, 0.25) is 5.91 Å². The standard InChI is InChI=1S/C13H21NO4/c1-17-13(16)10-4-2-6-14(9-10)12(15)8-11-5-3-7-18-11/h10-11H,2-9H2,1H3. The van der Waals surface area contributed by atoms with E-state index < -0.39 is 0 Å². The number of ether oxygens (including phenoxy) is 2. The average molecular weight is 255 g/mol. The summed E-state index contributed by atoms with van der Waals surface area (Å²) in [6, 6.07) is 0. The molecule has 2 heterocycles. The molecule has 1 amide bonds. The van der Waals surface area contributed by atoms with Crippen molar-refractivity contribution in [3.05, 3.63) is 0 Å². The third-order valence-electron chi connectivity index (χ3n) is 3.73. The molecule has 2 aliphatic heterocycles. The maximum Gasteiger partial charge on any atom is 0.310 e. The summed E-state index contributed by atoms with van der Waals surface area (Å²) in [7, 11) is 1.40. The van der Waals surface area contributed by atoms with Crippen molar-refractivity contribution in [1.82, 2.24) is 4.90 Å². The summed E-state index contributed by atoms with van der Waals surface area (Å²) in [6.45, 7) is 2.01. The lowest BCUT2D eigenvalue weighted by Gasteiger charge is -2.32. The number of rotatable bonds is 3. The lowest BCUT2D eigenvalue weighted by Crippen LogP contribution is -2.43. The van der Waals surface area contributed by atoms with Crippen molar-refractivity contribution in [1.29, 1.82) is 0 Å². The maximum atomic E-state index is 12.1. The number of esters is 1. The molecule has 0 spiro atoms. The van der Waals surface area contributed by atoms with Crippen molar-refractivity contribution >= 4 is 11.9 Å². The number of carbonyl (C=O) groups is 2. The van der Waals surface area contributed by atoms with Crippen molar-refractivity contribution in [3.63, 3.8) is 0 Å². The molecule has 5 heteroatoms. The lowest BCUT2D eigenvalue weighted by atomic mass is 9.97. The highest BCUT2D eigenvalue weighted by Crippen LogP contribution is 2.21. The highest BCUT2D eigenvalue weighted by atomic mass is 16.5. The van der Waals surface area contributed by atoms with E-state index in [0.717, 1.165) is 38.8 Å². The molecule has 2 unspecified atom stereocenters. The number of hydrogen-bond acceptors (Lipinski definition) is 4. The first-order valence-electron chi connectivity index (χ1n) is 6.68. The number of piperidine rings is 1. The van der Waals surface area contributed by atoms with E-state index in [0.29, 0.717) is 13.0 Å². The second kappa shape index (κ2) is 6.18. The zero-order valence-corrected chi connectivity index (χ0v) is 10.9. The van der Waals surface area contributed by atoms with Gasteiger partial charge in [0.25, 0.3) is 0 Å². The van der Waals surface area contributed by atoms with Gasteiger partial charge >= 0.3 is 5.97 Å². The summed E-state index contributed by atoms with van der Waals surface area (Å²) in [4.78, 5) is 25.4. The molecule has 0 aromatic rings. The van der Waals surface area contributed by atoms with Gasteiger partial charge in [-0.3, -0.25) is 9.59 Å². The smallest absolute Gasteiger partial charge is 0.310 e. The molecule has 0 saturated carbocycles. The number of nitrogens with zero attached hydrogens (tertiary/aromatic N) is 1. The molecule has 2 aliphatic rings. The van der Waals surface area contributed by atoms with Crippen LogP contribution in [0.15, 0.2) is 0 Å². The van der Waals surface area contributed by atoms with Crippen molar-refractivity contribution in [2.24, 2.45) is 5.92 Å². The maximum absolute atomic E-state index is 12.1. The largest absolute Gasteiger partial charge is 0.469 e. The topological polar surface area (TPSA) is 55.8 Å². The van der Waals surface area contributed by atoms with Gasteiger partial charge in [0.15, 0.2) is 0 Å². The molecule has 0 bridgehead atoms. The Bertz CT molecular complexity index is 312. The Balaban J connectivity index is 1.83. The molecular formula is C13H21NO4. The first-order valence-corrected chi connectivity index (χ1v) is 6.68. The Kier molecular flexibility index (Phi) is 4.58. The van der Waals surface area contributed by atoms with Crippen LogP contribution in [0, 0.1) is 5.92 Å². The zero-order valence-electron chi connectivity index (χ0n) is 10.9. The van der Waals surface area contributed by atoms with Crippen LogP contribution in [0.5, 0.6) is 0 Å². The van der Waals surface area contributed by atoms with Gasteiger partial charge in [-0.05, 0) is 25.7 Å². The fourth-order valence-corrected chi connectivity index (χ4v) is 2.69. The SMILES string of the molecule is COC(=O)C1CCCN(C(=O)CC2CCCO2)C1. The van der Waals surface area contributed by atoms with Crippen LogP contribution in [0.3, 0.4) is 0 Å². The number of likely N-dealkylation sites (tertiary alicyclic amines) is 1. The molecule has 5 nitrogen and oxygen atoms in total. The summed E-state index contributed by atoms with van der Waals surface area (Å²) in [5.41, 5.74) is 0. The van der Waals surface area contributed by atoms with Gasteiger partial charge in [0.05, 0.1) is 25.6 Å². The van der Waals surface area contributed by atoms with Crippen LogP contribution in [0.2, 0.25) is 0 Å². The van der Waals surface area contributed by atoms with Crippen molar-refractivity contribution < 1.29 is 19.1 Å². The van der Waals surface area contributed by atoms with Gasteiger partial charge in [-0.25, -0.2) is 0 Å². The third-order valence-corrected chi connectivity index (χ3v) is 3.73. The minimum absolute atomic E-state index is 0.0796. The van der Waals surface area contributed by atoms with E-state index in [2.05, 4.69) is 0 Å². The number of hydrogen-bond donors (Lipinski definition) is 0. The van der Waals surface area contributed by atoms with Crippen LogP contribution in [-0.2, 0) is 19.1 Å². The molecule has 0 aliphatic carbocycles. The average Bonchev–Trinajstić information content (AvgIpc) is 2.90. The number of methoxy groups -OCH3 is 1. The van der Waals surface area contributed by atoms with Gasteiger partial charge in [-0.2, -0.15) is 0 Å². The Morgan fingerprint density at radius 1 is 1.33 bits per heavy atom. The molecule has 102 valence electrons. The summed E-state index contributed by atoms with van der Waals surface area (Å²) in [5.74, 6) is -0.252. The summed E-state index contributed by atoms with van der Waals surface area (Å²) in [6.07, 6.45) is 4.24. The highest BCUT2D eigenvalue weighted by Gasteiger charge is 2.30. The first kappa shape index (κ1) is 13.3. The van der Waals surface area contributed by atoms with E-state index in [9.17, 15) is 9.59 Å². The number of amides is 1. The minimum Gasteiger partial charge on any atom is -0.469 e. The van der Waals surface area contributed by atoms with E-state index in [4.69, 9.17) is 9.47 Å². The Labute approximate surface area is 107 Å². The Morgan fingerprint density at radius 3 is 2.83 bits per heavy atom. The lowest BCUT2D eigenvalue weighted by molar-refractivity contribution is -0.149. The molecule has 2 saturated heterocycles. The molecule has 2 rings (SSSR count). The molecule has 0 radical (unpaired) electrons. The predicted octanol–water partition coefficient (Wildman–Crippen LogP) is 0.967. The van der Waals surface area contributed by atoms with Gasteiger partial charge < -0.3 is 14.4 Å².